The molecule has 0 heterocycles. The lowest BCUT2D eigenvalue weighted by atomic mass is 10.1. The van der Waals surface area contributed by atoms with E-state index >= 15 is 0 Å². The SMILES string of the molecule is CCC(C)(N)[Si]Cc1ccc(F)c(C)c1. The van der Waals surface area contributed by atoms with Crippen molar-refractivity contribution in [1.82, 2.24) is 0 Å². The largest absolute Gasteiger partial charge is 0.328 e. The molecule has 0 fully saturated rings. The van der Waals surface area contributed by atoms with E-state index in [2.05, 4.69) is 13.8 Å². The molecule has 2 radical (unpaired) electrons. The van der Waals surface area contributed by atoms with Gasteiger partial charge in [-0.05, 0) is 31.0 Å². The van der Waals surface area contributed by atoms with Gasteiger partial charge in [-0.15, -0.1) is 0 Å². The van der Waals surface area contributed by atoms with Gasteiger partial charge in [0.15, 0.2) is 0 Å². The summed E-state index contributed by atoms with van der Waals surface area (Å²) < 4.78 is 13.0. The summed E-state index contributed by atoms with van der Waals surface area (Å²) in [7, 11) is 0.685. The summed E-state index contributed by atoms with van der Waals surface area (Å²) in [6.45, 7) is 5.97. The topological polar surface area (TPSA) is 26.0 Å². The third-order valence-corrected chi connectivity index (χ3v) is 4.40. The van der Waals surface area contributed by atoms with Crippen molar-refractivity contribution in [2.24, 2.45) is 5.73 Å². The van der Waals surface area contributed by atoms with Crippen LogP contribution in [-0.4, -0.2) is 14.7 Å². The van der Waals surface area contributed by atoms with E-state index in [0.29, 0.717) is 15.1 Å². The molecule has 82 valence electrons. The Hall–Kier alpha value is -0.673. The summed E-state index contributed by atoms with van der Waals surface area (Å²) in [6.07, 6.45) is 0.978. The third-order valence-electron chi connectivity index (χ3n) is 2.65. The van der Waals surface area contributed by atoms with Crippen LogP contribution in [0.25, 0.3) is 0 Å². The van der Waals surface area contributed by atoms with E-state index in [1.165, 1.54) is 11.6 Å². The normalized spacial score (nSPS) is 15.0. The molecule has 0 saturated carbocycles. The van der Waals surface area contributed by atoms with Crippen LogP contribution < -0.4 is 5.73 Å². The molecule has 0 saturated heterocycles. The van der Waals surface area contributed by atoms with Crippen LogP contribution in [0.2, 0.25) is 0 Å². The van der Waals surface area contributed by atoms with E-state index < -0.39 is 0 Å². The summed E-state index contributed by atoms with van der Waals surface area (Å²) >= 11 is 0. The first-order valence-electron chi connectivity index (χ1n) is 5.23. The quantitative estimate of drug-likeness (QED) is 0.780. The van der Waals surface area contributed by atoms with Gasteiger partial charge in [0.05, 0.1) is 9.52 Å². The fourth-order valence-electron chi connectivity index (χ4n) is 1.25. The van der Waals surface area contributed by atoms with Crippen molar-refractivity contribution in [3.63, 3.8) is 0 Å². The van der Waals surface area contributed by atoms with E-state index in [1.807, 2.05) is 12.1 Å². The zero-order valence-electron chi connectivity index (χ0n) is 9.60. The lowest BCUT2D eigenvalue weighted by Gasteiger charge is -2.21. The molecular weight excluding hydrogens is 205 g/mol. The maximum atomic E-state index is 13.0. The highest BCUT2D eigenvalue weighted by molar-refractivity contribution is 6.39. The number of aryl methyl sites for hydroxylation is 1. The summed E-state index contributed by atoms with van der Waals surface area (Å²) in [5.41, 5.74) is 7.96. The lowest BCUT2D eigenvalue weighted by molar-refractivity contribution is 0.617. The molecule has 2 N–H and O–H groups in total. The Morgan fingerprint density at radius 2 is 2.13 bits per heavy atom. The minimum atomic E-state index is -0.131. The number of rotatable bonds is 4. The van der Waals surface area contributed by atoms with Crippen molar-refractivity contribution < 1.29 is 4.39 Å². The molecule has 0 aliphatic heterocycles. The second-order valence-corrected chi connectivity index (χ2v) is 6.06. The van der Waals surface area contributed by atoms with E-state index in [9.17, 15) is 4.39 Å². The van der Waals surface area contributed by atoms with Gasteiger partial charge in [0.1, 0.15) is 5.82 Å². The Kier molecular flexibility index (Phi) is 4.05. The summed E-state index contributed by atoms with van der Waals surface area (Å²) in [5, 5.41) is -0.0811. The molecule has 1 aromatic carbocycles. The molecule has 0 amide bonds. The van der Waals surface area contributed by atoms with Crippen LogP contribution in [-0.2, 0) is 6.04 Å². The van der Waals surface area contributed by atoms with Crippen LogP contribution in [0.1, 0.15) is 31.4 Å². The van der Waals surface area contributed by atoms with E-state index in [-0.39, 0.29) is 11.0 Å². The van der Waals surface area contributed by atoms with Crippen LogP contribution >= 0.6 is 0 Å². The highest BCUT2D eigenvalue weighted by Crippen LogP contribution is 2.11. The molecule has 1 atom stereocenters. The van der Waals surface area contributed by atoms with Gasteiger partial charge in [-0.1, -0.05) is 31.5 Å². The predicted molar refractivity (Wildman–Crippen MR) is 63.5 cm³/mol. The molecule has 1 rings (SSSR count). The lowest BCUT2D eigenvalue weighted by Crippen LogP contribution is -2.42. The van der Waals surface area contributed by atoms with Crippen LogP contribution in [0.3, 0.4) is 0 Å². The molecule has 0 aliphatic carbocycles. The Balaban J connectivity index is 2.62. The Morgan fingerprint density at radius 3 is 2.67 bits per heavy atom. The van der Waals surface area contributed by atoms with Crippen molar-refractivity contribution in [1.29, 1.82) is 0 Å². The maximum Gasteiger partial charge on any atom is 0.126 e. The molecule has 1 unspecified atom stereocenters. The van der Waals surface area contributed by atoms with Gasteiger partial charge in [-0.25, -0.2) is 4.39 Å². The number of hydrogen-bond donors (Lipinski definition) is 1. The van der Waals surface area contributed by atoms with Gasteiger partial charge in [0, 0.05) is 5.16 Å². The first kappa shape index (κ1) is 12.4. The van der Waals surface area contributed by atoms with Gasteiger partial charge in [-0.3, -0.25) is 0 Å². The molecule has 0 bridgehead atoms. The molecule has 1 nitrogen and oxygen atoms in total. The van der Waals surface area contributed by atoms with Gasteiger partial charge in [0.2, 0.25) is 0 Å². The zero-order valence-corrected chi connectivity index (χ0v) is 10.6. The van der Waals surface area contributed by atoms with E-state index in [4.69, 9.17) is 5.73 Å². The zero-order chi connectivity index (χ0) is 11.5. The van der Waals surface area contributed by atoms with E-state index in [0.717, 1.165) is 12.5 Å². The molecule has 15 heavy (non-hydrogen) atoms. The van der Waals surface area contributed by atoms with Crippen molar-refractivity contribution in [3.05, 3.63) is 35.1 Å². The Morgan fingerprint density at radius 1 is 1.47 bits per heavy atom. The van der Waals surface area contributed by atoms with Crippen molar-refractivity contribution in [3.8, 4) is 0 Å². The second-order valence-electron chi connectivity index (χ2n) is 4.21. The van der Waals surface area contributed by atoms with Crippen molar-refractivity contribution in [2.45, 2.75) is 38.4 Å². The smallest absolute Gasteiger partial charge is 0.126 e. The monoisotopic (exact) mass is 223 g/mol. The molecule has 0 aromatic heterocycles. The fourth-order valence-corrected chi connectivity index (χ4v) is 2.32. The minimum absolute atomic E-state index is 0.0811. The molecule has 0 aliphatic rings. The first-order valence-corrected chi connectivity index (χ1v) is 6.44. The summed E-state index contributed by atoms with van der Waals surface area (Å²) in [6, 6.07) is 6.24. The first-order chi connectivity index (χ1) is 6.94. The van der Waals surface area contributed by atoms with Crippen molar-refractivity contribution in [2.75, 3.05) is 0 Å². The van der Waals surface area contributed by atoms with Crippen LogP contribution in [0, 0.1) is 12.7 Å². The number of halogens is 1. The van der Waals surface area contributed by atoms with Gasteiger partial charge >= 0.3 is 0 Å². The van der Waals surface area contributed by atoms with Gasteiger partial charge < -0.3 is 5.73 Å². The van der Waals surface area contributed by atoms with Gasteiger partial charge in [-0.2, -0.15) is 0 Å². The Labute approximate surface area is 93.7 Å². The third kappa shape index (κ3) is 3.76. The minimum Gasteiger partial charge on any atom is -0.328 e. The van der Waals surface area contributed by atoms with Crippen LogP contribution in [0.5, 0.6) is 0 Å². The van der Waals surface area contributed by atoms with Gasteiger partial charge in [0.25, 0.3) is 0 Å². The Bertz CT molecular complexity index is 336. The maximum absolute atomic E-state index is 13.0. The number of hydrogen-bond acceptors (Lipinski definition) is 1. The average Bonchev–Trinajstić information content (AvgIpc) is 2.20. The van der Waals surface area contributed by atoms with E-state index in [1.54, 1.807) is 6.92 Å². The molecule has 3 heteroatoms. The summed E-state index contributed by atoms with van der Waals surface area (Å²) in [5.74, 6) is -0.131. The molecular formula is C12H18FNSi. The average molecular weight is 223 g/mol. The fraction of sp³-hybridized carbons (Fsp3) is 0.500. The second kappa shape index (κ2) is 4.90. The number of benzene rings is 1. The predicted octanol–water partition coefficient (Wildman–Crippen LogP) is 2.42. The number of nitrogens with two attached hydrogens (primary N) is 1. The van der Waals surface area contributed by atoms with Crippen LogP contribution in [0.4, 0.5) is 4.39 Å². The standard InChI is InChI=1S/C12H18FNSi/c1-4-12(3,14)15-8-10-5-6-11(13)9(2)7-10/h5-7H,4,8,14H2,1-3H3. The van der Waals surface area contributed by atoms with Crippen LogP contribution in [0.15, 0.2) is 18.2 Å². The summed E-state index contributed by atoms with van der Waals surface area (Å²) in [4.78, 5) is 0. The molecule has 0 spiro atoms. The highest BCUT2D eigenvalue weighted by Gasteiger charge is 2.16. The highest BCUT2D eigenvalue weighted by atomic mass is 28.2. The molecule has 1 aromatic rings. The van der Waals surface area contributed by atoms with Crippen molar-refractivity contribution >= 4 is 9.52 Å².